The summed E-state index contributed by atoms with van der Waals surface area (Å²) in [4.78, 5) is 52.1. The number of amides is 3. The number of aryl methyl sites for hydroxylation is 1. The van der Waals surface area contributed by atoms with Crippen LogP contribution in [0.3, 0.4) is 0 Å². The van der Waals surface area contributed by atoms with Gasteiger partial charge in [0.25, 0.3) is 0 Å². The summed E-state index contributed by atoms with van der Waals surface area (Å²) in [7, 11) is 1.91. The summed E-state index contributed by atoms with van der Waals surface area (Å²) in [5.41, 5.74) is 2.76. The average Bonchev–Trinajstić information content (AvgIpc) is 2.92. The number of likely N-dealkylation sites (N-methyl/N-ethyl adjacent to an activating group) is 1. The number of piperazine rings is 1. The molecule has 1 atom stereocenters. The van der Waals surface area contributed by atoms with Gasteiger partial charge < -0.3 is 10.2 Å². The van der Waals surface area contributed by atoms with E-state index in [1.807, 2.05) is 31.2 Å². The molecule has 4 heterocycles. The van der Waals surface area contributed by atoms with Crippen LogP contribution < -0.4 is 15.5 Å². The van der Waals surface area contributed by atoms with E-state index in [4.69, 9.17) is 0 Å². The number of carbonyl (C=O) groups is 3. The summed E-state index contributed by atoms with van der Waals surface area (Å²) >= 11 is 1.68. The van der Waals surface area contributed by atoms with Crippen molar-refractivity contribution in [3.05, 3.63) is 40.7 Å². The predicted octanol–water partition coefficient (Wildman–Crippen LogP) is 2.76. The molecular weight excluding hydrogens is 504 g/mol. The molecule has 2 aromatic rings. The van der Waals surface area contributed by atoms with Gasteiger partial charge in [-0.3, -0.25) is 24.7 Å². The Morgan fingerprint density at radius 2 is 2.13 bits per heavy atom. The van der Waals surface area contributed by atoms with Gasteiger partial charge in [-0.05, 0) is 44.7 Å². The second-order valence-electron chi connectivity index (χ2n) is 9.40. The minimum absolute atomic E-state index is 0.0130. The molecule has 2 aliphatic heterocycles. The number of carbonyl (C=O) groups excluding carboxylic acids is 3. The lowest BCUT2D eigenvalue weighted by Gasteiger charge is -2.37. The van der Waals surface area contributed by atoms with Gasteiger partial charge in [0.05, 0.1) is 23.8 Å². The standard InChI is InChI=1S/C26H32N8O3S/c1-17(33-9-8-32(2)15-24(33)36)20-11-18-5-4-7-34(25(18)30-22(20)16-35)26(37)31-23-12-21(28-6-10-38-3)19(13-27)14-29-23/h11-12,14,16-17H,4-10,15H2,1-3H3,(H2,28,29,31,37). The third-order valence-corrected chi connectivity index (χ3v) is 7.44. The molecule has 1 unspecified atom stereocenters. The summed E-state index contributed by atoms with van der Waals surface area (Å²) < 4.78 is 0. The second kappa shape index (κ2) is 12.2. The van der Waals surface area contributed by atoms with E-state index in [9.17, 15) is 19.6 Å². The topological polar surface area (TPSA) is 135 Å². The van der Waals surface area contributed by atoms with Crippen LogP contribution in [0.2, 0.25) is 0 Å². The first-order valence-electron chi connectivity index (χ1n) is 12.5. The summed E-state index contributed by atoms with van der Waals surface area (Å²) in [5, 5.41) is 15.4. The van der Waals surface area contributed by atoms with Gasteiger partial charge in [-0.15, -0.1) is 0 Å². The second-order valence-corrected chi connectivity index (χ2v) is 10.4. The molecule has 0 spiro atoms. The maximum absolute atomic E-state index is 13.3. The zero-order valence-corrected chi connectivity index (χ0v) is 22.7. The zero-order chi connectivity index (χ0) is 27.2. The van der Waals surface area contributed by atoms with Gasteiger partial charge in [0.1, 0.15) is 23.4 Å². The molecule has 0 saturated carbocycles. The number of fused-ring (bicyclic) bond motifs is 1. The van der Waals surface area contributed by atoms with E-state index >= 15 is 0 Å². The van der Waals surface area contributed by atoms with Crippen molar-refractivity contribution in [1.82, 2.24) is 19.8 Å². The highest BCUT2D eigenvalue weighted by atomic mass is 32.2. The average molecular weight is 537 g/mol. The largest absolute Gasteiger partial charge is 0.383 e. The number of nitriles is 1. The van der Waals surface area contributed by atoms with Crippen molar-refractivity contribution in [3.63, 3.8) is 0 Å². The van der Waals surface area contributed by atoms with Gasteiger partial charge in [-0.25, -0.2) is 14.8 Å². The highest BCUT2D eigenvalue weighted by molar-refractivity contribution is 7.98. The molecule has 4 rings (SSSR count). The number of aromatic nitrogens is 2. The highest BCUT2D eigenvalue weighted by Crippen LogP contribution is 2.32. The van der Waals surface area contributed by atoms with Crippen LogP contribution in [0.1, 0.15) is 46.6 Å². The number of rotatable bonds is 8. The predicted molar refractivity (Wildman–Crippen MR) is 148 cm³/mol. The van der Waals surface area contributed by atoms with E-state index in [2.05, 4.69) is 26.7 Å². The Morgan fingerprint density at radius 3 is 2.84 bits per heavy atom. The van der Waals surface area contributed by atoms with Gasteiger partial charge in [-0.1, -0.05) is 0 Å². The third-order valence-electron chi connectivity index (χ3n) is 6.83. The molecule has 200 valence electrons. The lowest BCUT2D eigenvalue weighted by atomic mass is 9.97. The van der Waals surface area contributed by atoms with Gasteiger partial charge in [-0.2, -0.15) is 17.0 Å². The number of urea groups is 1. The smallest absolute Gasteiger partial charge is 0.328 e. The van der Waals surface area contributed by atoms with Crippen molar-refractivity contribution >= 4 is 47.3 Å². The van der Waals surface area contributed by atoms with E-state index in [-0.39, 0.29) is 17.6 Å². The Morgan fingerprint density at radius 1 is 1.32 bits per heavy atom. The summed E-state index contributed by atoms with van der Waals surface area (Å²) in [6, 6.07) is 4.94. The van der Waals surface area contributed by atoms with Crippen molar-refractivity contribution in [2.45, 2.75) is 25.8 Å². The molecule has 2 aromatic heterocycles. The summed E-state index contributed by atoms with van der Waals surface area (Å²) in [6.45, 7) is 4.69. The fraction of sp³-hybridized carbons (Fsp3) is 0.462. The normalized spacial score (nSPS) is 16.4. The molecule has 38 heavy (non-hydrogen) atoms. The van der Waals surface area contributed by atoms with Crippen molar-refractivity contribution in [1.29, 1.82) is 5.26 Å². The van der Waals surface area contributed by atoms with Gasteiger partial charge >= 0.3 is 6.03 Å². The van der Waals surface area contributed by atoms with Crippen molar-refractivity contribution in [2.75, 3.05) is 67.3 Å². The number of aldehydes is 1. The molecule has 11 nitrogen and oxygen atoms in total. The molecule has 1 fully saturated rings. The lowest BCUT2D eigenvalue weighted by Crippen LogP contribution is -2.49. The number of anilines is 3. The van der Waals surface area contributed by atoms with Crippen LogP contribution in [0.5, 0.6) is 0 Å². The molecule has 1 saturated heterocycles. The highest BCUT2D eigenvalue weighted by Gasteiger charge is 2.31. The Bertz CT molecular complexity index is 1260. The number of nitrogens with one attached hydrogen (secondary N) is 2. The molecule has 2 aliphatic rings. The number of nitrogens with zero attached hydrogens (tertiary/aromatic N) is 6. The first-order chi connectivity index (χ1) is 18.4. The Kier molecular flexibility index (Phi) is 8.81. The summed E-state index contributed by atoms with van der Waals surface area (Å²) in [5.74, 6) is 1.62. The molecule has 0 aromatic carbocycles. The maximum Gasteiger partial charge on any atom is 0.328 e. The van der Waals surface area contributed by atoms with E-state index in [0.29, 0.717) is 67.3 Å². The van der Waals surface area contributed by atoms with Gasteiger partial charge in [0, 0.05) is 49.8 Å². The van der Waals surface area contributed by atoms with E-state index in [0.717, 1.165) is 24.3 Å². The van der Waals surface area contributed by atoms with E-state index in [1.165, 1.54) is 11.1 Å². The maximum atomic E-state index is 13.3. The monoisotopic (exact) mass is 536 g/mol. The zero-order valence-electron chi connectivity index (χ0n) is 21.9. The number of thioether (sulfide) groups is 1. The number of hydrogen-bond acceptors (Lipinski definition) is 9. The third kappa shape index (κ3) is 5.89. The van der Waals surface area contributed by atoms with Crippen LogP contribution in [-0.4, -0.2) is 89.8 Å². The first-order valence-corrected chi connectivity index (χ1v) is 13.9. The number of pyridine rings is 2. The Hall–Kier alpha value is -3.69. The van der Waals surface area contributed by atoms with Gasteiger partial charge in [0.2, 0.25) is 5.91 Å². The molecule has 12 heteroatoms. The number of hydrogen-bond donors (Lipinski definition) is 2. The molecule has 2 N–H and O–H groups in total. The van der Waals surface area contributed by atoms with E-state index < -0.39 is 6.03 Å². The Labute approximate surface area is 226 Å². The van der Waals surface area contributed by atoms with Crippen molar-refractivity contribution in [3.8, 4) is 6.07 Å². The van der Waals surface area contributed by atoms with Crippen LogP contribution in [-0.2, 0) is 11.2 Å². The fourth-order valence-corrected chi connectivity index (χ4v) is 5.07. The van der Waals surface area contributed by atoms with Crippen LogP contribution in [0.25, 0.3) is 0 Å². The molecule has 3 amide bonds. The molecular formula is C26H32N8O3S. The SMILES string of the molecule is CSCCNc1cc(NC(=O)N2CCCc3cc(C(C)N4CCN(C)CC4=O)c(C=O)nc32)ncc1C#N. The van der Waals surface area contributed by atoms with Crippen molar-refractivity contribution < 1.29 is 14.4 Å². The van der Waals surface area contributed by atoms with Crippen LogP contribution >= 0.6 is 11.8 Å². The van der Waals surface area contributed by atoms with Crippen molar-refractivity contribution in [2.24, 2.45) is 0 Å². The molecule has 0 radical (unpaired) electrons. The van der Waals surface area contributed by atoms with Crippen LogP contribution in [0.4, 0.5) is 22.1 Å². The molecule has 0 aliphatic carbocycles. The van der Waals surface area contributed by atoms with Crippen LogP contribution in [0.15, 0.2) is 18.3 Å². The Balaban J connectivity index is 1.57. The fourth-order valence-electron chi connectivity index (χ4n) is 4.76. The van der Waals surface area contributed by atoms with Crippen LogP contribution in [0, 0.1) is 11.3 Å². The first kappa shape index (κ1) is 27.3. The lowest BCUT2D eigenvalue weighted by molar-refractivity contribution is -0.137. The quantitative estimate of drug-likeness (QED) is 0.386. The van der Waals surface area contributed by atoms with Gasteiger partial charge in [0.15, 0.2) is 6.29 Å². The van der Waals surface area contributed by atoms with E-state index in [1.54, 1.807) is 22.7 Å². The summed E-state index contributed by atoms with van der Waals surface area (Å²) in [6.07, 6.45) is 5.55. The minimum Gasteiger partial charge on any atom is -0.383 e. The molecule has 0 bridgehead atoms. The minimum atomic E-state index is -0.419.